The standard InChI is InChI=1S/C20H18BrClF3N5O/c1-11(30-17(13-4-5-13)16(21)18(28-30)20(23,24)25)19(31)27-15-8-26-29(10-15)9-12-2-6-14(22)7-3-12/h2-3,6-8,10-11,13H,4-5,9H2,1H3,(H,27,31). The summed E-state index contributed by atoms with van der Waals surface area (Å²) in [6.45, 7) is 2.01. The molecule has 1 aliphatic carbocycles. The van der Waals surface area contributed by atoms with Crippen molar-refractivity contribution < 1.29 is 18.0 Å². The molecule has 2 aromatic heterocycles. The monoisotopic (exact) mass is 515 g/mol. The molecule has 3 aromatic rings. The molecule has 1 unspecified atom stereocenters. The Hall–Kier alpha value is -2.33. The van der Waals surface area contributed by atoms with E-state index in [2.05, 4.69) is 31.4 Å². The van der Waals surface area contributed by atoms with Crippen molar-refractivity contribution in [2.45, 2.75) is 44.4 Å². The van der Waals surface area contributed by atoms with E-state index in [4.69, 9.17) is 11.6 Å². The van der Waals surface area contributed by atoms with Crippen molar-refractivity contribution in [3.63, 3.8) is 0 Å². The van der Waals surface area contributed by atoms with Gasteiger partial charge >= 0.3 is 6.18 Å². The molecule has 1 saturated carbocycles. The number of carbonyl (C=O) groups excluding carboxylic acids is 1. The highest BCUT2D eigenvalue weighted by atomic mass is 79.9. The second kappa shape index (κ2) is 8.31. The molecule has 0 bridgehead atoms. The number of carbonyl (C=O) groups is 1. The van der Waals surface area contributed by atoms with Crippen molar-refractivity contribution in [3.8, 4) is 0 Å². The van der Waals surface area contributed by atoms with Crippen molar-refractivity contribution in [2.24, 2.45) is 0 Å². The average Bonchev–Trinajstić information content (AvgIpc) is 3.34. The molecule has 4 rings (SSSR count). The number of hydrogen-bond donors (Lipinski definition) is 1. The summed E-state index contributed by atoms with van der Waals surface area (Å²) in [4.78, 5) is 12.8. The highest BCUT2D eigenvalue weighted by molar-refractivity contribution is 9.10. The van der Waals surface area contributed by atoms with Gasteiger partial charge in [-0.25, -0.2) is 0 Å². The molecule has 1 aromatic carbocycles. The maximum absolute atomic E-state index is 13.3. The van der Waals surface area contributed by atoms with Gasteiger partial charge in [0.15, 0.2) is 5.69 Å². The first-order valence-corrected chi connectivity index (χ1v) is 10.7. The number of hydrogen-bond acceptors (Lipinski definition) is 3. The topological polar surface area (TPSA) is 64.7 Å². The third kappa shape index (κ3) is 4.79. The van der Waals surface area contributed by atoms with Crippen LogP contribution in [0.4, 0.5) is 18.9 Å². The van der Waals surface area contributed by atoms with Crippen LogP contribution in [-0.4, -0.2) is 25.5 Å². The van der Waals surface area contributed by atoms with Gasteiger partial charge in [0, 0.05) is 17.1 Å². The van der Waals surface area contributed by atoms with E-state index >= 15 is 0 Å². The lowest BCUT2D eigenvalue weighted by Crippen LogP contribution is -2.26. The van der Waals surface area contributed by atoms with Gasteiger partial charge in [-0.05, 0) is 53.4 Å². The zero-order valence-electron chi connectivity index (χ0n) is 16.3. The molecular weight excluding hydrogens is 499 g/mol. The smallest absolute Gasteiger partial charge is 0.322 e. The van der Waals surface area contributed by atoms with Gasteiger partial charge in [0.25, 0.3) is 0 Å². The summed E-state index contributed by atoms with van der Waals surface area (Å²) in [5.41, 5.74) is 0.827. The summed E-state index contributed by atoms with van der Waals surface area (Å²) >= 11 is 8.93. The summed E-state index contributed by atoms with van der Waals surface area (Å²) in [5.74, 6) is -0.507. The minimum atomic E-state index is -4.60. The lowest BCUT2D eigenvalue weighted by molar-refractivity contribution is -0.142. The summed E-state index contributed by atoms with van der Waals surface area (Å²) < 4.78 is 42.7. The van der Waals surface area contributed by atoms with Gasteiger partial charge in [-0.2, -0.15) is 23.4 Å². The molecule has 0 saturated heterocycles. The SMILES string of the molecule is CC(C(=O)Nc1cnn(Cc2ccc(Cl)cc2)c1)n1nc(C(F)(F)F)c(Br)c1C1CC1. The van der Waals surface area contributed by atoms with E-state index in [-0.39, 0.29) is 10.4 Å². The van der Waals surface area contributed by atoms with E-state index < -0.39 is 23.8 Å². The van der Waals surface area contributed by atoms with E-state index in [0.717, 1.165) is 18.4 Å². The summed E-state index contributed by atoms with van der Waals surface area (Å²) in [6, 6.07) is 6.37. The lowest BCUT2D eigenvalue weighted by Gasteiger charge is -2.15. The summed E-state index contributed by atoms with van der Waals surface area (Å²) in [5, 5.41) is 11.3. The van der Waals surface area contributed by atoms with Gasteiger partial charge in [0.2, 0.25) is 5.91 Å². The van der Waals surface area contributed by atoms with Gasteiger partial charge in [0.05, 0.1) is 28.6 Å². The van der Waals surface area contributed by atoms with E-state index in [0.29, 0.717) is 22.9 Å². The Morgan fingerprint density at radius 1 is 1.32 bits per heavy atom. The largest absolute Gasteiger partial charge is 0.436 e. The number of alkyl halides is 3. The lowest BCUT2D eigenvalue weighted by atomic mass is 10.2. The van der Waals surface area contributed by atoms with Crippen molar-refractivity contribution in [1.82, 2.24) is 19.6 Å². The maximum Gasteiger partial charge on any atom is 0.436 e. The van der Waals surface area contributed by atoms with E-state index in [9.17, 15) is 18.0 Å². The van der Waals surface area contributed by atoms with Crippen LogP contribution in [0.3, 0.4) is 0 Å². The normalized spacial score (nSPS) is 15.2. The Kier molecular flexibility index (Phi) is 5.87. The fourth-order valence-corrected chi connectivity index (χ4v) is 4.21. The van der Waals surface area contributed by atoms with Crippen LogP contribution >= 0.6 is 27.5 Å². The number of benzene rings is 1. The number of rotatable bonds is 6. The minimum absolute atomic E-state index is 0.0321. The minimum Gasteiger partial charge on any atom is -0.322 e. The predicted octanol–water partition coefficient (Wildman–Crippen LogP) is 5.64. The Morgan fingerprint density at radius 2 is 2.00 bits per heavy atom. The molecule has 1 amide bonds. The Bertz CT molecular complexity index is 1110. The van der Waals surface area contributed by atoms with Crippen LogP contribution in [-0.2, 0) is 17.5 Å². The number of nitrogens with zero attached hydrogens (tertiary/aromatic N) is 4. The van der Waals surface area contributed by atoms with Gasteiger partial charge in [-0.3, -0.25) is 14.2 Å². The highest BCUT2D eigenvalue weighted by Crippen LogP contribution is 2.47. The zero-order valence-corrected chi connectivity index (χ0v) is 18.7. The Balaban J connectivity index is 1.49. The first-order chi connectivity index (χ1) is 14.6. The fraction of sp³-hybridized carbons (Fsp3) is 0.350. The van der Waals surface area contributed by atoms with Crippen LogP contribution in [0, 0.1) is 0 Å². The first-order valence-electron chi connectivity index (χ1n) is 9.56. The van der Waals surface area contributed by atoms with Crippen LogP contribution < -0.4 is 5.32 Å². The number of nitrogens with one attached hydrogen (secondary N) is 1. The average molecular weight is 517 g/mol. The van der Waals surface area contributed by atoms with Crippen molar-refractivity contribution in [2.75, 3.05) is 5.32 Å². The second-order valence-corrected chi connectivity index (χ2v) is 8.71. The quantitative estimate of drug-likeness (QED) is 0.461. The molecular formula is C20H18BrClF3N5O. The maximum atomic E-state index is 13.3. The van der Waals surface area contributed by atoms with Crippen LogP contribution in [0.15, 0.2) is 41.1 Å². The van der Waals surface area contributed by atoms with Crippen molar-refractivity contribution in [1.29, 1.82) is 0 Å². The van der Waals surface area contributed by atoms with Crippen molar-refractivity contribution >= 4 is 39.1 Å². The number of amides is 1. The van der Waals surface area contributed by atoms with Crippen LogP contribution in [0.2, 0.25) is 5.02 Å². The molecule has 6 nitrogen and oxygen atoms in total. The first kappa shape index (κ1) is 21.9. The van der Waals surface area contributed by atoms with E-state index in [1.807, 2.05) is 12.1 Å². The molecule has 1 atom stereocenters. The molecule has 1 N–H and O–H groups in total. The number of halogens is 5. The molecule has 0 aliphatic heterocycles. The second-order valence-electron chi connectivity index (χ2n) is 7.48. The summed E-state index contributed by atoms with van der Waals surface area (Å²) in [6.07, 6.45) is 0.0805. The summed E-state index contributed by atoms with van der Waals surface area (Å²) in [7, 11) is 0. The fourth-order valence-electron chi connectivity index (χ4n) is 3.28. The van der Waals surface area contributed by atoms with Crippen LogP contribution in [0.25, 0.3) is 0 Å². The molecule has 11 heteroatoms. The molecule has 31 heavy (non-hydrogen) atoms. The molecule has 1 fully saturated rings. The van der Waals surface area contributed by atoms with Gasteiger partial charge in [-0.1, -0.05) is 23.7 Å². The van der Waals surface area contributed by atoms with Gasteiger partial charge < -0.3 is 5.32 Å². The van der Waals surface area contributed by atoms with Crippen LogP contribution in [0.5, 0.6) is 0 Å². The molecule has 0 spiro atoms. The van der Waals surface area contributed by atoms with Gasteiger partial charge in [-0.15, -0.1) is 0 Å². The number of aromatic nitrogens is 4. The number of anilines is 1. The van der Waals surface area contributed by atoms with Gasteiger partial charge in [0.1, 0.15) is 6.04 Å². The third-order valence-electron chi connectivity index (χ3n) is 5.02. The highest BCUT2D eigenvalue weighted by Gasteiger charge is 2.43. The molecule has 2 heterocycles. The molecule has 1 aliphatic rings. The Morgan fingerprint density at radius 3 is 2.61 bits per heavy atom. The van der Waals surface area contributed by atoms with E-state index in [1.165, 1.54) is 17.8 Å². The molecule has 164 valence electrons. The van der Waals surface area contributed by atoms with Crippen LogP contribution in [0.1, 0.15) is 48.7 Å². The Labute approximate surface area is 189 Å². The predicted molar refractivity (Wildman–Crippen MR) is 113 cm³/mol. The van der Waals surface area contributed by atoms with Crippen molar-refractivity contribution in [3.05, 3.63) is 63.1 Å². The van der Waals surface area contributed by atoms with E-state index in [1.54, 1.807) is 23.0 Å². The zero-order chi connectivity index (χ0) is 22.3. The molecule has 0 radical (unpaired) electrons. The third-order valence-corrected chi connectivity index (χ3v) is 6.06.